The molecule has 0 bridgehead atoms. The predicted molar refractivity (Wildman–Crippen MR) is 101 cm³/mol. The van der Waals surface area contributed by atoms with E-state index in [0.29, 0.717) is 23.1 Å². The Morgan fingerprint density at radius 3 is 2.59 bits per heavy atom. The smallest absolute Gasteiger partial charge is 0.336 e. The lowest BCUT2D eigenvalue weighted by Crippen LogP contribution is -2.45. The van der Waals surface area contributed by atoms with E-state index < -0.39 is 23.7 Å². The van der Waals surface area contributed by atoms with Crippen molar-refractivity contribution in [2.45, 2.75) is 12.5 Å². The Labute approximate surface area is 154 Å². The van der Waals surface area contributed by atoms with Crippen LogP contribution < -0.4 is 16.3 Å². The van der Waals surface area contributed by atoms with Crippen LogP contribution in [0, 0.1) is 0 Å². The van der Waals surface area contributed by atoms with Crippen molar-refractivity contribution in [3.8, 4) is 0 Å². The second-order valence-corrected chi connectivity index (χ2v) is 5.87. The van der Waals surface area contributed by atoms with E-state index in [9.17, 15) is 14.4 Å². The second-order valence-electron chi connectivity index (χ2n) is 5.87. The minimum absolute atomic E-state index is 0.309. The molecule has 1 atom stereocenters. The van der Waals surface area contributed by atoms with Gasteiger partial charge in [0.2, 0.25) is 0 Å². The van der Waals surface area contributed by atoms with Crippen LogP contribution in [0.25, 0.3) is 11.0 Å². The minimum atomic E-state index is -0.823. The summed E-state index contributed by atoms with van der Waals surface area (Å²) in [6.07, 6.45) is 0.309. The Hall–Kier alpha value is -3.61. The molecule has 2 N–H and O–H groups in total. The van der Waals surface area contributed by atoms with Crippen LogP contribution in [-0.2, 0) is 16.0 Å². The van der Waals surface area contributed by atoms with E-state index in [4.69, 9.17) is 9.15 Å². The molecule has 7 heteroatoms. The van der Waals surface area contributed by atoms with Crippen molar-refractivity contribution in [2.75, 3.05) is 12.4 Å². The molecule has 3 aromatic rings. The zero-order chi connectivity index (χ0) is 19.2. The lowest BCUT2D eigenvalue weighted by Gasteiger charge is -2.17. The van der Waals surface area contributed by atoms with Gasteiger partial charge >= 0.3 is 17.6 Å². The molecule has 138 valence electrons. The molecule has 0 aliphatic rings. The normalized spacial score (nSPS) is 11.6. The minimum Gasteiger partial charge on any atom is -0.467 e. The summed E-state index contributed by atoms with van der Waals surface area (Å²) >= 11 is 0. The van der Waals surface area contributed by atoms with Crippen LogP contribution in [0.1, 0.15) is 5.56 Å². The van der Waals surface area contributed by atoms with Crippen LogP contribution in [0.5, 0.6) is 0 Å². The van der Waals surface area contributed by atoms with Crippen LogP contribution in [0.2, 0.25) is 0 Å². The number of ether oxygens (including phenoxy) is 1. The Morgan fingerprint density at radius 1 is 1.07 bits per heavy atom. The van der Waals surface area contributed by atoms with Gasteiger partial charge in [0.1, 0.15) is 11.6 Å². The molecule has 2 amide bonds. The quantitative estimate of drug-likeness (QED) is 0.534. The fourth-order valence-corrected chi connectivity index (χ4v) is 2.66. The molecule has 2 aromatic carbocycles. The fourth-order valence-electron chi connectivity index (χ4n) is 2.66. The highest BCUT2D eigenvalue weighted by Crippen LogP contribution is 2.17. The summed E-state index contributed by atoms with van der Waals surface area (Å²) < 4.78 is 9.83. The Balaban J connectivity index is 1.71. The molecule has 0 aliphatic carbocycles. The number of anilines is 1. The molecular weight excluding hydrogens is 348 g/mol. The van der Waals surface area contributed by atoms with Crippen LogP contribution in [0.15, 0.2) is 69.9 Å². The molecule has 0 aliphatic heterocycles. The molecule has 0 spiro atoms. The van der Waals surface area contributed by atoms with Crippen molar-refractivity contribution in [3.05, 3.63) is 76.6 Å². The number of benzene rings is 2. The largest absolute Gasteiger partial charge is 0.467 e. The number of fused-ring (bicyclic) bond motifs is 1. The van der Waals surface area contributed by atoms with Crippen LogP contribution >= 0.6 is 0 Å². The summed E-state index contributed by atoms with van der Waals surface area (Å²) in [5, 5.41) is 5.96. The van der Waals surface area contributed by atoms with Gasteiger partial charge < -0.3 is 19.8 Å². The average molecular weight is 366 g/mol. The molecule has 0 saturated carbocycles. The highest BCUT2D eigenvalue weighted by Gasteiger charge is 2.22. The molecule has 1 aromatic heterocycles. The van der Waals surface area contributed by atoms with Crippen LogP contribution in [0.3, 0.4) is 0 Å². The van der Waals surface area contributed by atoms with Gasteiger partial charge in [0.05, 0.1) is 7.11 Å². The van der Waals surface area contributed by atoms with E-state index in [-0.39, 0.29) is 0 Å². The number of carbonyl (C=O) groups excluding carboxylic acids is 2. The number of methoxy groups -OCH3 is 1. The van der Waals surface area contributed by atoms with Crippen LogP contribution in [-0.4, -0.2) is 25.2 Å². The third kappa shape index (κ3) is 4.72. The SMILES string of the molecule is COC(=O)C(Cc1ccccc1)NC(=O)Nc1ccc2oc(=O)ccc2c1. The van der Waals surface area contributed by atoms with Gasteiger partial charge in [-0.2, -0.15) is 0 Å². The summed E-state index contributed by atoms with van der Waals surface area (Å²) in [5.74, 6) is -0.533. The molecular formula is C20H18N2O5. The summed E-state index contributed by atoms with van der Waals surface area (Å²) in [7, 11) is 1.27. The lowest BCUT2D eigenvalue weighted by molar-refractivity contribution is -0.142. The fraction of sp³-hybridized carbons (Fsp3) is 0.150. The number of esters is 1. The highest BCUT2D eigenvalue weighted by molar-refractivity contribution is 5.94. The maximum Gasteiger partial charge on any atom is 0.336 e. The highest BCUT2D eigenvalue weighted by atomic mass is 16.5. The van der Waals surface area contributed by atoms with E-state index in [2.05, 4.69) is 10.6 Å². The number of urea groups is 1. The van der Waals surface area contributed by atoms with Gasteiger partial charge in [-0.25, -0.2) is 14.4 Å². The molecule has 1 unspecified atom stereocenters. The van der Waals surface area contributed by atoms with Crippen LogP contribution in [0.4, 0.5) is 10.5 Å². The van der Waals surface area contributed by atoms with Crippen molar-refractivity contribution in [3.63, 3.8) is 0 Å². The zero-order valence-corrected chi connectivity index (χ0v) is 14.6. The molecule has 1 heterocycles. The van der Waals surface area contributed by atoms with Crippen molar-refractivity contribution in [1.82, 2.24) is 5.32 Å². The topological polar surface area (TPSA) is 97.6 Å². The second kappa shape index (κ2) is 8.18. The Morgan fingerprint density at radius 2 is 1.85 bits per heavy atom. The predicted octanol–water partition coefficient (Wildman–Crippen LogP) is 2.70. The maximum absolute atomic E-state index is 12.3. The van der Waals surface area contributed by atoms with Gasteiger partial charge in [-0.1, -0.05) is 30.3 Å². The summed E-state index contributed by atoms with van der Waals surface area (Å²) in [4.78, 5) is 35.5. The molecule has 7 nitrogen and oxygen atoms in total. The Kier molecular flexibility index (Phi) is 5.51. The molecule has 27 heavy (non-hydrogen) atoms. The molecule has 0 fully saturated rings. The maximum atomic E-state index is 12.3. The molecule has 0 saturated heterocycles. The van der Waals surface area contributed by atoms with Gasteiger partial charge in [-0.3, -0.25) is 0 Å². The zero-order valence-electron chi connectivity index (χ0n) is 14.6. The first-order valence-electron chi connectivity index (χ1n) is 8.28. The number of hydrogen-bond acceptors (Lipinski definition) is 5. The van der Waals surface area contributed by atoms with E-state index in [1.165, 1.54) is 13.2 Å². The summed E-state index contributed by atoms with van der Waals surface area (Å²) in [6, 6.07) is 15.7. The van der Waals surface area contributed by atoms with Gasteiger partial charge in [0.15, 0.2) is 0 Å². The molecule has 0 radical (unpaired) electrons. The number of rotatable bonds is 5. The van der Waals surface area contributed by atoms with Crippen molar-refractivity contribution < 1.29 is 18.7 Å². The number of carbonyl (C=O) groups is 2. The number of amides is 2. The average Bonchev–Trinajstić information content (AvgIpc) is 2.67. The molecule has 3 rings (SSSR count). The van der Waals surface area contributed by atoms with E-state index in [0.717, 1.165) is 5.56 Å². The van der Waals surface area contributed by atoms with Gasteiger partial charge in [-0.05, 0) is 29.8 Å². The third-order valence-electron chi connectivity index (χ3n) is 3.95. The van der Waals surface area contributed by atoms with Crippen molar-refractivity contribution >= 4 is 28.7 Å². The summed E-state index contributed by atoms with van der Waals surface area (Å²) in [5.41, 5.74) is 1.37. The van der Waals surface area contributed by atoms with Crippen molar-refractivity contribution in [1.29, 1.82) is 0 Å². The first-order chi connectivity index (χ1) is 13.0. The lowest BCUT2D eigenvalue weighted by atomic mass is 10.1. The first kappa shape index (κ1) is 18.2. The monoisotopic (exact) mass is 366 g/mol. The first-order valence-corrected chi connectivity index (χ1v) is 8.28. The Bertz CT molecular complexity index is 1010. The van der Waals surface area contributed by atoms with E-state index in [1.54, 1.807) is 24.3 Å². The van der Waals surface area contributed by atoms with E-state index >= 15 is 0 Å². The van der Waals surface area contributed by atoms with Gasteiger partial charge in [0, 0.05) is 23.6 Å². The van der Waals surface area contributed by atoms with Gasteiger partial charge in [0.25, 0.3) is 0 Å². The summed E-state index contributed by atoms with van der Waals surface area (Å²) in [6.45, 7) is 0. The number of nitrogens with one attached hydrogen (secondary N) is 2. The number of hydrogen-bond donors (Lipinski definition) is 2. The van der Waals surface area contributed by atoms with Crippen molar-refractivity contribution in [2.24, 2.45) is 0 Å². The van der Waals surface area contributed by atoms with Gasteiger partial charge in [-0.15, -0.1) is 0 Å². The van der Waals surface area contributed by atoms with E-state index in [1.807, 2.05) is 30.3 Å². The third-order valence-corrected chi connectivity index (χ3v) is 3.95. The standard InChI is InChI=1S/C20H18N2O5/c1-26-19(24)16(11-13-5-3-2-4-6-13)22-20(25)21-15-8-9-17-14(12-15)7-10-18(23)27-17/h2-10,12,16H,11H2,1H3,(H2,21,22,25).